The van der Waals surface area contributed by atoms with Crippen molar-refractivity contribution >= 4 is 17.5 Å². The maximum absolute atomic E-state index is 5.71. The van der Waals surface area contributed by atoms with Crippen LogP contribution in [0.15, 0.2) is 60.8 Å². The molecule has 3 aromatic rings. The van der Waals surface area contributed by atoms with Crippen LogP contribution in [0, 0.1) is 0 Å². The fourth-order valence-corrected chi connectivity index (χ4v) is 2.62. The van der Waals surface area contributed by atoms with Gasteiger partial charge in [0, 0.05) is 11.9 Å². The highest BCUT2D eigenvalue weighted by atomic mass is 16.5. The molecule has 146 valence electrons. The van der Waals surface area contributed by atoms with E-state index in [0.29, 0.717) is 25.0 Å². The van der Waals surface area contributed by atoms with E-state index in [-0.39, 0.29) is 0 Å². The number of nitrogens with zero attached hydrogens (tertiary/aromatic N) is 2. The van der Waals surface area contributed by atoms with Crippen molar-refractivity contribution in [2.24, 2.45) is 0 Å². The number of anilines is 3. The molecule has 6 heteroatoms. The van der Waals surface area contributed by atoms with E-state index in [1.165, 1.54) is 5.56 Å². The Balaban J connectivity index is 1.48. The highest BCUT2D eigenvalue weighted by Crippen LogP contribution is 2.20. The van der Waals surface area contributed by atoms with Crippen molar-refractivity contribution in [2.45, 2.75) is 19.8 Å². The molecule has 0 spiro atoms. The molecule has 28 heavy (non-hydrogen) atoms. The number of hydrogen-bond acceptors (Lipinski definition) is 6. The molecule has 2 aromatic carbocycles. The number of methoxy groups -OCH3 is 1. The zero-order chi connectivity index (χ0) is 19.8. The van der Waals surface area contributed by atoms with Crippen LogP contribution in [0.25, 0.3) is 0 Å². The van der Waals surface area contributed by atoms with Gasteiger partial charge in [0.2, 0.25) is 5.95 Å². The Labute approximate surface area is 166 Å². The first kappa shape index (κ1) is 19.5. The minimum Gasteiger partial charge on any atom is -0.497 e. The Morgan fingerprint density at radius 3 is 2.32 bits per heavy atom. The smallest absolute Gasteiger partial charge is 0.229 e. The van der Waals surface area contributed by atoms with Gasteiger partial charge < -0.3 is 20.1 Å². The van der Waals surface area contributed by atoms with E-state index < -0.39 is 0 Å². The van der Waals surface area contributed by atoms with Crippen LogP contribution < -0.4 is 20.1 Å². The molecule has 0 aliphatic carbocycles. The van der Waals surface area contributed by atoms with Crippen molar-refractivity contribution in [1.82, 2.24) is 9.97 Å². The van der Waals surface area contributed by atoms with E-state index in [0.717, 1.165) is 23.0 Å². The minimum atomic E-state index is 0.512. The van der Waals surface area contributed by atoms with Crippen LogP contribution in [0.4, 0.5) is 17.5 Å². The Morgan fingerprint density at radius 1 is 0.929 bits per heavy atom. The van der Waals surface area contributed by atoms with Crippen LogP contribution in [0.1, 0.15) is 25.3 Å². The maximum atomic E-state index is 5.71. The first-order valence-corrected chi connectivity index (χ1v) is 9.35. The number of rotatable bonds is 9. The van der Waals surface area contributed by atoms with Gasteiger partial charge in [-0.05, 0) is 53.9 Å². The lowest BCUT2D eigenvalue weighted by molar-refractivity contribution is 0.331. The van der Waals surface area contributed by atoms with Crippen LogP contribution in [0.5, 0.6) is 11.5 Å². The van der Waals surface area contributed by atoms with Gasteiger partial charge in [-0.3, -0.25) is 0 Å². The molecule has 0 aliphatic heterocycles. The summed E-state index contributed by atoms with van der Waals surface area (Å²) >= 11 is 0. The summed E-state index contributed by atoms with van der Waals surface area (Å²) < 4.78 is 10.8. The molecule has 0 radical (unpaired) electrons. The number of hydrogen-bond donors (Lipinski definition) is 2. The number of nitrogens with one attached hydrogen (secondary N) is 2. The summed E-state index contributed by atoms with van der Waals surface area (Å²) in [5.41, 5.74) is 2.27. The predicted molar refractivity (Wildman–Crippen MR) is 113 cm³/mol. The predicted octanol–water partition coefficient (Wildman–Crippen LogP) is 4.84. The van der Waals surface area contributed by atoms with Crippen LogP contribution in [-0.4, -0.2) is 30.2 Å². The lowest BCUT2D eigenvalue weighted by Crippen LogP contribution is -2.13. The molecule has 1 heterocycles. The van der Waals surface area contributed by atoms with Gasteiger partial charge in [0.05, 0.1) is 13.7 Å². The number of ether oxygens (including phenoxy) is 2. The van der Waals surface area contributed by atoms with Crippen LogP contribution in [-0.2, 0) is 0 Å². The summed E-state index contributed by atoms with van der Waals surface area (Å²) in [6.45, 7) is 5.51. The average molecular weight is 378 g/mol. The molecule has 0 atom stereocenters. The van der Waals surface area contributed by atoms with Crippen molar-refractivity contribution in [3.8, 4) is 11.5 Å². The van der Waals surface area contributed by atoms with E-state index in [4.69, 9.17) is 9.47 Å². The fourth-order valence-electron chi connectivity index (χ4n) is 2.62. The van der Waals surface area contributed by atoms with Gasteiger partial charge >= 0.3 is 0 Å². The summed E-state index contributed by atoms with van der Waals surface area (Å²) in [6.07, 6.45) is 1.73. The highest BCUT2D eigenvalue weighted by molar-refractivity contribution is 5.55. The van der Waals surface area contributed by atoms with Gasteiger partial charge in [0.15, 0.2) is 0 Å². The normalized spacial score (nSPS) is 10.6. The Kier molecular flexibility index (Phi) is 6.68. The van der Waals surface area contributed by atoms with Gasteiger partial charge in [-0.15, -0.1) is 0 Å². The standard InChI is InChI=1S/C22H26N4O2/c1-16(2)17-4-6-18(7-5-17)25-22-24-13-12-21(26-22)23-14-15-28-20-10-8-19(27-3)9-11-20/h4-13,16H,14-15H2,1-3H3,(H2,23,24,25,26). The summed E-state index contributed by atoms with van der Waals surface area (Å²) in [4.78, 5) is 8.77. The second-order valence-electron chi connectivity index (χ2n) is 6.62. The molecule has 0 saturated heterocycles. The van der Waals surface area contributed by atoms with Crippen molar-refractivity contribution in [3.63, 3.8) is 0 Å². The van der Waals surface area contributed by atoms with Crippen molar-refractivity contribution < 1.29 is 9.47 Å². The Bertz CT molecular complexity index is 864. The largest absolute Gasteiger partial charge is 0.497 e. The minimum absolute atomic E-state index is 0.512. The van der Waals surface area contributed by atoms with Gasteiger partial charge in [0.25, 0.3) is 0 Å². The Hall–Kier alpha value is -3.28. The molecule has 0 aliphatic rings. The zero-order valence-corrected chi connectivity index (χ0v) is 16.5. The molecule has 0 unspecified atom stereocenters. The summed E-state index contributed by atoms with van der Waals surface area (Å²) in [5.74, 6) is 3.42. The first-order chi connectivity index (χ1) is 13.6. The molecule has 2 N–H and O–H groups in total. The lowest BCUT2D eigenvalue weighted by atomic mass is 10.0. The van der Waals surface area contributed by atoms with Crippen LogP contribution in [0.2, 0.25) is 0 Å². The number of aromatic nitrogens is 2. The third kappa shape index (κ3) is 5.61. The van der Waals surface area contributed by atoms with Crippen LogP contribution in [0.3, 0.4) is 0 Å². The van der Waals surface area contributed by atoms with Gasteiger partial charge in [-0.2, -0.15) is 4.98 Å². The molecule has 3 rings (SSSR count). The molecular weight excluding hydrogens is 352 g/mol. The summed E-state index contributed by atoms with van der Waals surface area (Å²) in [6, 6.07) is 17.7. The highest BCUT2D eigenvalue weighted by Gasteiger charge is 2.02. The van der Waals surface area contributed by atoms with Gasteiger partial charge in [0.1, 0.15) is 23.9 Å². The maximum Gasteiger partial charge on any atom is 0.229 e. The summed E-state index contributed by atoms with van der Waals surface area (Å²) in [7, 11) is 1.64. The third-order valence-electron chi connectivity index (χ3n) is 4.23. The fraction of sp³-hybridized carbons (Fsp3) is 0.273. The first-order valence-electron chi connectivity index (χ1n) is 9.35. The monoisotopic (exact) mass is 378 g/mol. The lowest BCUT2D eigenvalue weighted by Gasteiger charge is -2.11. The Morgan fingerprint density at radius 2 is 1.64 bits per heavy atom. The van der Waals surface area contributed by atoms with Gasteiger partial charge in [-0.1, -0.05) is 26.0 Å². The SMILES string of the molecule is COc1ccc(OCCNc2ccnc(Nc3ccc(C(C)C)cc3)n2)cc1. The van der Waals surface area contributed by atoms with E-state index in [1.54, 1.807) is 13.3 Å². The zero-order valence-electron chi connectivity index (χ0n) is 16.5. The van der Waals surface area contributed by atoms with E-state index in [2.05, 4.69) is 46.6 Å². The topological polar surface area (TPSA) is 68.3 Å². The quantitative estimate of drug-likeness (QED) is 0.519. The molecule has 0 amide bonds. The van der Waals surface area contributed by atoms with Crippen molar-refractivity contribution in [1.29, 1.82) is 0 Å². The second-order valence-corrected chi connectivity index (χ2v) is 6.62. The van der Waals surface area contributed by atoms with E-state index in [9.17, 15) is 0 Å². The molecule has 0 fully saturated rings. The van der Waals surface area contributed by atoms with E-state index >= 15 is 0 Å². The molecule has 0 bridgehead atoms. The summed E-state index contributed by atoms with van der Waals surface area (Å²) in [5, 5.41) is 6.48. The van der Waals surface area contributed by atoms with Crippen LogP contribution >= 0.6 is 0 Å². The second kappa shape index (κ2) is 9.60. The number of benzene rings is 2. The molecular formula is C22H26N4O2. The molecule has 1 aromatic heterocycles. The van der Waals surface area contributed by atoms with E-state index in [1.807, 2.05) is 42.5 Å². The van der Waals surface area contributed by atoms with Gasteiger partial charge in [-0.25, -0.2) is 4.98 Å². The third-order valence-corrected chi connectivity index (χ3v) is 4.23. The average Bonchev–Trinajstić information content (AvgIpc) is 2.72. The van der Waals surface area contributed by atoms with Crippen molar-refractivity contribution in [2.75, 3.05) is 30.9 Å². The van der Waals surface area contributed by atoms with Crippen molar-refractivity contribution in [3.05, 3.63) is 66.4 Å². The molecule has 0 saturated carbocycles. The molecule has 6 nitrogen and oxygen atoms in total.